The molecule has 0 bridgehead atoms. The van der Waals surface area contributed by atoms with Gasteiger partial charge in [-0.15, -0.1) is 0 Å². The molecule has 0 aromatic heterocycles. The molecule has 5 unspecified atom stereocenters. The van der Waals surface area contributed by atoms with Crippen LogP contribution in [0.25, 0.3) is 0 Å². The molecule has 0 radical (unpaired) electrons. The van der Waals surface area contributed by atoms with Gasteiger partial charge in [-0.3, -0.25) is 39.2 Å². The zero-order valence-electron chi connectivity index (χ0n) is 86.0. The lowest BCUT2D eigenvalue weighted by atomic mass is 9.71. The van der Waals surface area contributed by atoms with Crippen molar-refractivity contribution in [2.75, 3.05) is 78.5 Å². The first-order chi connectivity index (χ1) is 67.0. The van der Waals surface area contributed by atoms with E-state index in [1.807, 2.05) is 30.3 Å². The van der Waals surface area contributed by atoms with Crippen LogP contribution in [0.5, 0.6) is 0 Å². The predicted octanol–water partition coefficient (Wildman–Crippen LogP) is 30.9. The van der Waals surface area contributed by atoms with Gasteiger partial charge < -0.3 is 0 Å². The maximum absolute atomic E-state index is 14.1. The maximum Gasteiger partial charge on any atom is 0.128 e. The van der Waals surface area contributed by atoms with E-state index in [4.69, 9.17) is 0 Å². The standard InChI is InChI=1S/2C17H25N.2C16H23N.3C15H20FN.C15H21N/c1-14-13-18(15(14)2)17(11-7-4-8-12-17)16-9-5-3-6-10-16;1-14-13-15(2)18(14)17(11-7-4-8-12-17)16-9-5-3-6-10-16;1-14-10-13-17(14)16(11-6-3-7-12-16)15-8-4-2-5-9-15;1-14-12-17(13-14)16(10-6-3-7-11-16)15-8-4-2-5-9-15;16-14-8-3-2-7-13(14)15(17-11-6-12-17)9-4-1-5-10-15;16-14-7-5-13(6-8-14)15(17-11-4-12-17)9-2-1-3-10-15;16-14-7-4-6-13(12-14)15(17-10-5-11-17)8-2-1-3-9-15;1-3-8-14(9-4-1)15(16-12-7-13-16)10-5-2-6-11-15/h2*3,5-6,9-10,14-15H,4,7-8,11-13H2,1-2H3;2*2,4-5,8-9,14H,3,6-7,10-13H2,1H3;2-3,7-8H,1,4-6,9-12H2;5-8H,1-4,9-12H2;4,6-7,12H,1-3,5,8-11H2;1,3-4,8-9H,2,5-7,10-13H2. The van der Waals surface area contributed by atoms with Crippen LogP contribution >= 0.6 is 0 Å². The molecule has 16 aliphatic rings. The molecule has 11 heteroatoms. The van der Waals surface area contributed by atoms with E-state index in [1.54, 1.807) is 64.2 Å². The molecule has 5 atom stereocenters. The minimum Gasteiger partial charge on any atom is -0.294 e. The minimum atomic E-state index is -0.122. The van der Waals surface area contributed by atoms with Crippen LogP contribution < -0.4 is 0 Å². The smallest absolute Gasteiger partial charge is 0.128 e. The molecule has 0 spiro atoms. The van der Waals surface area contributed by atoms with Crippen LogP contribution in [0, 0.1) is 29.3 Å². The van der Waals surface area contributed by atoms with E-state index in [0.29, 0.717) is 27.7 Å². The van der Waals surface area contributed by atoms with Crippen molar-refractivity contribution < 1.29 is 13.2 Å². The number of benzene rings is 8. The molecule has 0 amide bonds. The van der Waals surface area contributed by atoms with E-state index >= 15 is 0 Å². The summed E-state index contributed by atoms with van der Waals surface area (Å²) in [6, 6.07) is 81.2. The van der Waals surface area contributed by atoms with Gasteiger partial charge in [-0.25, -0.2) is 13.2 Å². The molecule has 8 aromatic rings. The number of rotatable bonds is 16. The third kappa shape index (κ3) is 22.5. The first kappa shape index (κ1) is 102. The van der Waals surface area contributed by atoms with Crippen LogP contribution in [0.2, 0.25) is 0 Å². The molecule has 24 rings (SSSR count). The van der Waals surface area contributed by atoms with Gasteiger partial charge in [0.25, 0.3) is 0 Å². The summed E-state index contributed by atoms with van der Waals surface area (Å²) in [4.78, 5) is 21.5. The molecule has 16 fully saturated rings. The van der Waals surface area contributed by atoms with Crippen LogP contribution in [0.4, 0.5) is 13.2 Å². The Kier molecular flexibility index (Phi) is 35.4. The number of nitrogens with zero attached hydrogens (tertiary/aromatic N) is 8. The number of halogens is 3. The monoisotopic (exact) mass is 1860 g/mol. The van der Waals surface area contributed by atoms with Crippen molar-refractivity contribution in [1.82, 2.24) is 39.2 Å². The van der Waals surface area contributed by atoms with E-state index in [2.05, 4.69) is 238 Å². The second-order valence-corrected chi connectivity index (χ2v) is 46.0. The number of hydrogen-bond acceptors (Lipinski definition) is 8. The summed E-state index contributed by atoms with van der Waals surface area (Å²) in [6.07, 6.45) is 61.7. The van der Waals surface area contributed by atoms with E-state index in [1.165, 1.54) is 359 Å². The summed E-state index contributed by atoms with van der Waals surface area (Å²) in [6.45, 7) is 29.3. The van der Waals surface area contributed by atoms with Crippen molar-refractivity contribution in [3.05, 3.63) is 286 Å². The van der Waals surface area contributed by atoms with E-state index in [-0.39, 0.29) is 34.1 Å². The quantitative estimate of drug-likeness (QED) is 0.0944. The van der Waals surface area contributed by atoms with E-state index < -0.39 is 0 Å². The lowest BCUT2D eigenvalue weighted by Gasteiger charge is -2.59. The van der Waals surface area contributed by atoms with Gasteiger partial charge in [-0.05, 0) is 250 Å². The Hall–Kier alpha value is -6.77. The second-order valence-electron chi connectivity index (χ2n) is 46.0. The topological polar surface area (TPSA) is 25.9 Å². The molecule has 137 heavy (non-hydrogen) atoms. The Labute approximate surface area is 829 Å². The Morgan fingerprint density at radius 3 is 0.825 bits per heavy atom. The van der Waals surface area contributed by atoms with Crippen LogP contribution in [-0.2, 0) is 44.3 Å². The van der Waals surface area contributed by atoms with Crippen molar-refractivity contribution in [3.8, 4) is 0 Å². The summed E-state index contributed by atoms with van der Waals surface area (Å²) in [5.74, 6) is 1.54. The van der Waals surface area contributed by atoms with Crippen LogP contribution in [-0.4, -0.2) is 142 Å². The molecular weight excluding hydrogens is 1680 g/mol. The van der Waals surface area contributed by atoms with Crippen molar-refractivity contribution in [1.29, 1.82) is 0 Å². The third-order valence-electron chi connectivity index (χ3n) is 38.0. The molecule has 8 nitrogen and oxygen atoms in total. The Balaban J connectivity index is 0.000000109. The predicted molar refractivity (Wildman–Crippen MR) is 567 cm³/mol. The highest BCUT2D eigenvalue weighted by molar-refractivity contribution is 5.35. The highest BCUT2D eigenvalue weighted by Crippen LogP contribution is 2.55. The molecule has 8 heterocycles. The van der Waals surface area contributed by atoms with E-state index in [0.717, 1.165) is 67.5 Å². The van der Waals surface area contributed by atoms with Gasteiger partial charge in [-0.1, -0.05) is 362 Å². The molecule has 8 aliphatic heterocycles. The number of likely N-dealkylation sites (tertiary alicyclic amines) is 8. The fraction of sp³-hybridized carbons (Fsp3) is 0.619. The van der Waals surface area contributed by atoms with Crippen molar-refractivity contribution in [2.45, 2.75) is 405 Å². The molecule has 8 saturated heterocycles. The molecular formula is C126H177F3N8. The fourth-order valence-electron chi connectivity index (χ4n) is 29.7. The van der Waals surface area contributed by atoms with Gasteiger partial charge >= 0.3 is 0 Å². The van der Waals surface area contributed by atoms with Crippen LogP contribution in [0.3, 0.4) is 0 Å². The third-order valence-corrected chi connectivity index (χ3v) is 38.0. The van der Waals surface area contributed by atoms with E-state index in [9.17, 15) is 13.2 Å². The van der Waals surface area contributed by atoms with Gasteiger partial charge in [0.05, 0.1) is 0 Å². The fourth-order valence-corrected chi connectivity index (χ4v) is 29.7. The van der Waals surface area contributed by atoms with Crippen molar-refractivity contribution in [3.63, 3.8) is 0 Å². The summed E-state index contributed by atoms with van der Waals surface area (Å²) in [5.41, 5.74) is 13.5. The lowest BCUT2D eigenvalue weighted by Crippen LogP contribution is -2.63. The van der Waals surface area contributed by atoms with Gasteiger partial charge in [0.1, 0.15) is 17.5 Å². The average Bonchev–Trinajstić information content (AvgIpc) is 0.731. The summed E-state index contributed by atoms with van der Waals surface area (Å²) >= 11 is 0. The molecule has 8 saturated carbocycles. The molecule has 8 aliphatic carbocycles. The SMILES string of the molecule is CC1CC(C)N1C1(c2ccccc2)CCCCC1.CC1CCN1C1(c2ccccc2)CCCCC1.CC1CN(C2(c3ccccc3)CCCCC2)C1.CC1CN(C2(c3ccccc3)CCCCC2)C1C.Fc1ccc(C2(N3CCC3)CCCCC2)cc1.Fc1cccc(C2(N3CCC3)CCCCC2)c1.Fc1ccccc1C1(N2CCC2)CCCCC1.c1ccc(C2(N3CCC3)CCCCC2)cc1. The van der Waals surface area contributed by atoms with Gasteiger partial charge in [0.15, 0.2) is 0 Å². The van der Waals surface area contributed by atoms with Gasteiger partial charge in [-0.2, -0.15) is 0 Å². The lowest BCUT2D eigenvalue weighted by molar-refractivity contribution is -0.0887. The first-order valence-electron chi connectivity index (χ1n) is 56.6. The summed E-state index contributed by atoms with van der Waals surface area (Å²) in [5, 5.41) is 0. The van der Waals surface area contributed by atoms with Gasteiger partial charge in [0.2, 0.25) is 0 Å². The highest BCUT2D eigenvalue weighted by Gasteiger charge is 2.53. The highest BCUT2D eigenvalue weighted by atomic mass is 19.1. The zero-order chi connectivity index (χ0) is 94.6. The minimum absolute atomic E-state index is 0.0127. The van der Waals surface area contributed by atoms with Crippen LogP contribution in [0.1, 0.15) is 381 Å². The second kappa shape index (κ2) is 47.6. The molecule has 742 valence electrons. The Bertz CT molecular complexity index is 4820. The Morgan fingerprint density at radius 2 is 0.518 bits per heavy atom. The van der Waals surface area contributed by atoms with Crippen molar-refractivity contribution >= 4 is 0 Å². The average molecular weight is 1860 g/mol. The largest absolute Gasteiger partial charge is 0.294 e. The van der Waals surface area contributed by atoms with Gasteiger partial charge in [0, 0.05) is 153 Å². The first-order valence-corrected chi connectivity index (χ1v) is 56.6. The Morgan fingerprint density at radius 1 is 0.226 bits per heavy atom. The maximum atomic E-state index is 14.1. The molecule has 8 aromatic carbocycles. The van der Waals surface area contributed by atoms with Crippen molar-refractivity contribution in [2.24, 2.45) is 11.8 Å². The summed E-state index contributed by atoms with van der Waals surface area (Å²) < 4.78 is 40.6. The number of hydrogen-bond donors (Lipinski definition) is 0. The summed E-state index contributed by atoms with van der Waals surface area (Å²) in [7, 11) is 0. The van der Waals surface area contributed by atoms with Crippen LogP contribution in [0.15, 0.2) is 224 Å². The normalized spacial score (nSPS) is 27.1. The zero-order valence-corrected chi connectivity index (χ0v) is 86.0. The molecule has 0 N–H and O–H groups in total.